The molecule has 0 aromatic heterocycles. The number of amides is 2. The Bertz CT molecular complexity index is 1610. The number of anilines is 2. The number of thioether (sulfide) groups is 1. The first-order chi connectivity index (χ1) is 18.5. The summed E-state index contributed by atoms with van der Waals surface area (Å²) in [6, 6.07) is 35.5. The minimum Gasteiger partial charge on any atom is -0.323 e. The van der Waals surface area contributed by atoms with Gasteiger partial charge in [0.15, 0.2) is 0 Å². The Morgan fingerprint density at radius 3 is 2.16 bits per heavy atom. The van der Waals surface area contributed by atoms with Crippen LogP contribution in [0.25, 0.3) is 10.8 Å². The highest BCUT2D eigenvalue weighted by molar-refractivity contribution is 8.00. The number of nitrogens with one attached hydrogen (secondary N) is 2. The van der Waals surface area contributed by atoms with Crippen molar-refractivity contribution in [1.29, 1.82) is 0 Å². The van der Waals surface area contributed by atoms with E-state index in [-0.39, 0.29) is 11.8 Å². The highest BCUT2D eigenvalue weighted by Gasteiger charge is 2.23. The van der Waals surface area contributed by atoms with Crippen molar-refractivity contribution >= 4 is 68.9 Å². The van der Waals surface area contributed by atoms with Crippen LogP contribution in [0.1, 0.15) is 21.2 Å². The molecule has 0 fully saturated rings. The van der Waals surface area contributed by atoms with Crippen LogP contribution in [0, 0.1) is 0 Å². The Morgan fingerprint density at radius 2 is 1.39 bits per heavy atom. The van der Waals surface area contributed by atoms with E-state index < -0.39 is 5.25 Å². The van der Waals surface area contributed by atoms with Gasteiger partial charge in [0.1, 0.15) is 5.25 Å². The van der Waals surface area contributed by atoms with E-state index >= 15 is 0 Å². The third-order valence-corrected chi connectivity index (χ3v) is 7.74. The third-order valence-electron chi connectivity index (χ3n) is 5.90. The van der Waals surface area contributed by atoms with Gasteiger partial charge in [0, 0.05) is 21.2 Å². The van der Waals surface area contributed by atoms with Gasteiger partial charge in [-0.15, -0.1) is 11.8 Å². The summed E-state index contributed by atoms with van der Waals surface area (Å²) in [7, 11) is 0. The van der Waals surface area contributed by atoms with Crippen LogP contribution in [-0.2, 0) is 4.79 Å². The van der Waals surface area contributed by atoms with Crippen molar-refractivity contribution in [3.8, 4) is 0 Å². The standard InChI is InChI=1S/C31H22Cl2N2O2S/c32-24-12-17-27(33)28(19-24)35-31(37)29(21-7-2-1-3-8-21)38-26-15-13-25(14-16-26)34-30(36)23-11-10-20-6-4-5-9-22(20)18-23/h1-19,29H,(H,34,36)(H,35,37). The molecular formula is C31H22Cl2N2O2S. The number of rotatable bonds is 7. The minimum absolute atomic E-state index is 0.184. The largest absolute Gasteiger partial charge is 0.323 e. The summed E-state index contributed by atoms with van der Waals surface area (Å²) in [5, 5.41) is 8.30. The first-order valence-electron chi connectivity index (χ1n) is 11.8. The van der Waals surface area contributed by atoms with Gasteiger partial charge in [0.25, 0.3) is 5.91 Å². The van der Waals surface area contributed by atoms with Gasteiger partial charge < -0.3 is 10.6 Å². The van der Waals surface area contributed by atoms with E-state index in [2.05, 4.69) is 10.6 Å². The molecule has 0 saturated carbocycles. The summed E-state index contributed by atoms with van der Waals surface area (Å²) in [4.78, 5) is 27.1. The number of fused-ring (bicyclic) bond motifs is 1. The molecule has 188 valence electrons. The van der Waals surface area contributed by atoms with Crippen molar-refractivity contribution in [3.63, 3.8) is 0 Å². The van der Waals surface area contributed by atoms with Crippen molar-refractivity contribution in [1.82, 2.24) is 0 Å². The topological polar surface area (TPSA) is 58.2 Å². The van der Waals surface area contributed by atoms with E-state index in [0.29, 0.717) is 27.0 Å². The Hall–Kier alpha value is -3.77. The quantitative estimate of drug-likeness (QED) is 0.197. The fourth-order valence-electron chi connectivity index (χ4n) is 3.98. The zero-order chi connectivity index (χ0) is 26.5. The van der Waals surface area contributed by atoms with Gasteiger partial charge >= 0.3 is 0 Å². The van der Waals surface area contributed by atoms with E-state index in [1.165, 1.54) is 11.8 Å². The lowest BCUT2D eigenvalue weighted by Crippen LogP contribution is -2.19. The van der Waals surface area contributed by atoms with E-state index in [0.717, 1.165) is 21.2 Å². The second kappa shape index (κ2) is 11.7. The van der Waals surface area contributed by atoms with Crippen LogP contribution >= 0.6 is 35.0 Å². The molecule has 2 N–H and O–H groups in total. The molecule has 0 saturated heterocycles. The van der Waals surface area contributed by atoms with Gasteiger partial charge in [0.2, 0.25) is 5.91 Å². The van der Waals surface area contributed by atoms with Crippen molar-refractivity contribution in [2.45, 2.75) is 10.1 Å². The Kier molecular flexibility index (Phi) is 7.99. The van der Waals surface area contributed by atoms with Gasteiger partial charge in [-0.05, 0) is 70.9 Å². The number of hydrogen-bond donors (Lipinski definition) is 2. The van der Waals surface area contributed by atoms with Crippen LogP contribution in [0.3, 0.4) is 0 Å². The molecule has 0 bridgehead atoms. The molecule has 0 spiro atoms. The molecule has 7 heteroatoms. The van der Waals surface area contributed by atoms with Crippen LogP contribution in [-0.4, -0.2) is 11.8 Å². The molecule has 2 amide bonds. The predicted molar refractivity (Wildman–Crippen MR) is 158 cm³/mol. The average Bonchev–Trinajstić information content (AvgIpc) is 2.94. The highest BCUT2D eigenvalue weighted by atomic mass is 35.5. The SMILES string of the molecule is O=C(Nc1ccc(SC(C(=O)Nc2cc(Cl)ccc2Cl)c2ccccc2)cc1)c1ccc2ccccc2c1. The van der Waals surface area contributed by atoms with E-state index in [1.807, 2.05) is 97.1 Å². The lowest BCUT2D eigenvalue weighted by molar-refractivity contribution is -0.115. The van der Waals surface area contributed by atoms with E-state index in [4.69, 9.17) is 23.2 Å². The molecule has 5 rings (SSSR count). The lowest BCUT2D eigenvalue weighted by Gasteiger charge is -2.18. The van der Waals surface area contributed by atoms with Crippen LogP contribution in [0.4, 0.5) is 11.4 Å². The summed E-state index contributed by atoms with van der Waals surface area (Å²) >= 11 is 13.8. The minimum atomic E-state index is -0.538. The van der Waals surface area contributed by atoms with Crippen LogP contribution in [0.15, 0.2) is 120 Å². The summed E-state index contributed by atoms with van der Waals surface area (Å²) < 4.78 is 0. The average molecular weight is 558 g/mol. The molecule has 0 aliphatic rings. The lowest BCUT2D eigenvalue weighted by atomic mass is 10.1. The summed E-state index contributed by atoms with van der Waals surface area (Å²) in [5.74, 6) is -0.407. The highest BCUT2D eigenvalue weighted by Crippen LogP contribution is 2.37. The summed E-state index contributed by atoms with van der Waals surface area (Å²) in [6.45, 7) is 0. The number of carbonyl (C=O) groups is 2. The van der Waals surface area contributed by atoms with Gasteiger partial charge in [-0.25, -0.2) is 0 Å². The van der Waals surface area contributed by atoms with Crippen molar-refractivity contribution in [2.75, 3.05) is 10.6 Å². The number of carbonyl (C=O) groups excluding carboxylic acids is 2. The molecule has 5 aromatic carbocycles. The molecule has 0 radical (unpaired) electrons. The molecule has 4 nitrogen and oxygen atoms in total. The third kappa shape index (κ3) is 6.20. The van der Waals surface area contributed by atoms with Crippen LogP contribution < -0.4 is 10.6 Å². The van der Waals surface area contributed by atoms with E-state index in [9.17, 15) is 9.59 Å². The molecular weight excluding hydrogens is 535 g/mol. The first kappa shape index (κ1) is 25.9. The fourth-order valence-corrected chi connectivity index (χ4v) is 5.34. The zero-order valence-corrected chi connectivity index (χ0v) is 22.4. The van der Waals surface area contributed by atoms with Crippen LogP contribution in [0.2, 0.25) is 10.0 Å². The number of benzene rings is 5. The Balaban J connectivity index is 1.31. The Labute approximate surface area is 235 Å². The van der Waals surface area contributed by atoms with Crippen molar-refractivity contribution < 1.29 is 9.59 Å². The summed E-state index contributed by atoms with van der Waals surface area (Å²) in [6.07, 6.45) is 0. The number of halogens is 2. The molecule has 0 aliphatic carbocycles. The van der Waals surface area contributed by atoms with Crippen LogP contribution in [0.5, 0.6) is 0 Å². The smallest absolute Gasteiger partial charge is 0.255 e. The monoisotopic (exact) mass is 556 g/mol. The first-order valence-corrected chi connectivity index (χ1v) is 13.5. The second-order valence-electron chi connectivity index (χ2n) is 8.56. The maximum absolute atomic E-state index is 13.4. The maximum atomic E-state index is 13.4. The molecule has 1 unspecified atom stereocenters. The maximum Gasteiger partial charge on any atom is 0.255 e. The number of hydrogen-bond acceptors (Lipinski definition) is 3. The van der Waals surface area contributed by atoms with Gasteiger partial charge in [-0.3, -0.25) is 9.59 Å². The summed E-state index contributed by atoms with van der Waals surface area (Å²) in [5.41, 5.74) is 2.56. The van der Waals surface area contributed by atoms with Crippen molar-refractivity contribution in [3.05, 3.63) is 136 Å². The molecule has 38 heavy (non-hydrogen) atoms. The van der Waals surface area contributed by atoms with Gasteiger partial charge in [-0.1, -0.05) is 83.9 Å². The van der Waals surface area contributed by atoms with E-state index in [1.54, 1.807) is 18.2 Å². The van der Waals surface area contributed by atoms with Gasteiger partial charge in [0.05, 0.1) is 10.7 Å². The zero-order valence-electron chi connectivity index (χ0n) is 20.0. The van der Waals surface area contributed by atoms with Crippen molar-refractivity contribution in [2.24, 2.45) is 0 Å². The fraction of sp³-hybridized carbons (Fsp3) is 0.0323. The molecule has 0 heterocycles. The second-order valence-corrected chi connectivity index (χ2v) is 10.6. The van der Waals surface area contributed by atoms with Gasteiger partial charge in [-0.2, -0.15) is 0 Å². The molecule has 1 atom stereocenters. The Morgan fingerprint density at radius 1 is 0.684 bits per heavy atom. The normalized spacial score (nSPS) is 11.6. The molecule has 5 aromatic rings. The predicted octanol–water partition coefficient (Wildman–Crippen LogP) is 8.87. The molecule has 0 aliphatic heterocycles.